The SMILES string of the molecule is O=C(NCc1ccccc1)c1ccc(O[C@@H]2SC[C@@H](O)[C@H](O)[C@H]2O)cn1. The van der Waals surface area contributed by atoms with E-state index in [1.165, 1.54) is 24.0 Å². The molecule has 4 atom stereocenters. The average Bonchev–Trinajstić information content (AvgIpc) is 2.68. The van der Waals surface area contributed by atoms with Gasteiger partial charge in [-0.15, -0.1) is 11.8 Å². The summed E-state index contributed by atoms with van der Waals surface area (Å²) in [5.74, 6) is 0.326. The van der Waals surface area contributed by atoms with E-state index in [1.54, 1.807) is 6.07 Å². The number of benzene rings is 1. The molecule has 0 aliphatic carbocycles. The quantitative estimate of drug-likeness (QED) is 0.603. The van der Waals surface area contributed by atoms with Gasteiger partial charge in [0.15, 0.2) is 5.44 Å². The van der Waals surface area contributed by atoms with Crippen LogP contribution in [0.1, 0.15) is 16.1 Å². The lowest BCUT2D eigenvalue weighted by atomic mass is 10.1. The van der Waals surface area contributed by atoms with Crippen molar-refractivity contribution in [3.8, 4) is 5.75 Å². The summed E-state index contributed by atoms with van der Waals surface area (Å²) < 4.78 is 5.60. The molecule has 1 aromatic carbocycles. The largest absolute Gasteiger partial charge is 0.475 e. The average molecular weight is 376 g/mol. The number of rotatable bonds is 5. The minimum atomic E-state index is -1.25. The van der Waals surface area contributed by atoms with Crippen LogP contribution in [-0.4, -0.2) is 55.7 Å². The van der Waals surface area contributed by atoms with Crippen LogP contribution in [0, 0.1) is 0 Å². The van der Waals surface area contributed by atoms with Gasteiger partial charge in [0.2, 0.25) is 0 Å². The molecule has 7 nitrogen and oxygen atoms in total. The van der Waals surface area contributed by atoms with E-state index in [0.29, 0.717) is 12.3 Å². The third-order valence-corrected chi connectivity index (χ3v) is 5.21. The zero-order valence-corrected chi connectivity index (χ0v) is 14.7. The van der Waals surface area contributed by atoms with Crippen LogP contribution in [0.15, 0.2) is 48.7 Å². The van der Waals surface area contributed by atoms with Crippen LogP contribution in [0.5, 0.6) is 5.75 Å². The van der Waals surface area contributed by atoms with Gasteiger partial charge in [0, 0.05) is 12.3 Å². The third-order valence-electron chi connectivity index (χ3n) is 3.97. The Morgan fingerprint density at radius 2 is 1.92 bits per heavy atom. The molecule has 4 N–H and O–H groups in total. The lowest BCUT2D eigenvalue weighted by Crippen LogP contribution is -2.50. The standard InChI is InChI=1S/C18H20N2O5S/c21-14-10-26-18(16(23)15(14)22)25-12-6-7-13(19-9-12)17(24)20-8-11-4-2-1-3-5-11/h1-7,9,14-16,18,21-23H,8,10H2,(H,20,24)/t14-,15+,16-,18-/m1/s1. The molecule has 0 unspecified atom stereocenters. The van der Waals surface area contributed by atoms with E-state index in [0.717, 1.165) is 5.56 Å². The molecule has 0 spiro atoms. The molecular weight excluding hydrogens is 356 g/mol. The second-order valence-electron chi connectivity index (χ2n) is 5.92. The van der Waals surface area contributed by atoms with E-state index >= 15 is 0 Å². The first-order valence-electron chi connectivity index (χ1n) is 8.15. The van der Waals surface area contributed by atoms with E-state index in [-0.39, 0.29) is 17.4 Å². The van der Waals surface area contributed by atoms with Gasteiger partial charge >= 0.3 is 0 Å². The first kappa shape index (κ1) is 18.7. The highest BCUT2D eigenvalue weighted by molar-refractivity contribution is 7.99. The summed E-state index contributed by atoms with van der Waals surface area (Å²) in [5.41, 5.74) is 0.526. The number of nitrogens with one attached hydrogen (secondary N) is 1. The van der Waals surface area contributed by atoms with Crippen LogP contribution in [0.25, 0.3) is 0 Å². The van der Waals surface area contributed by atoms with Crippen molar-refractivity contribution in [3.05, 3.63) is 59.9 Å². The smallest absolute Gasteiger partial charge is 0.270 e. The zero-order chi connectivity index (χ0) is 18.5. The van der Waals surface area contributed by atoms with Gasteiger partial charge in [-0.05, 0) is 17.7 Å². The molecule has 0 radical (unpaired) electrons. The van der Waals surface area contributed by atoms with Crippen molar-refractivity contribution in [2.75, 3.05) is 5.75 Å². The molecule has 1 aromatic heterocycles. The number of aliphatic hydroxyl groups is 3. The van der Waals surface area contributed by atoms with Crippen molar-refractivity contribution < 1.29 is 24.9 Å². The Morgan fingerprint density at radius 3 is 2.62 bits per heavy atom. The number of carbonyl (C=O) groups is 1. The fourth-order valence-electron chi connectivity index (χ4n) is 2.47. The maximum absolute atomic E-state index is 12.1. The van der Waals surface area contributed by atoms with Gasteiger partial charge in [0.25, 0.3) is 5.91 Å². The first-order chi connectivity index (χ1) is 12.5. The number of carbonyl (C=O) groups excluding carboxylic acids is 1. The van der Waals surface area contributed by atoms with Crippen LogP contribution in [0.3, 0.4) is 0 Å². The van der Waals surface area contributed by atoms with Gasteiger partial charge in [-0.25, -0.2) is 4.98 Å². The van der Waals surface area contributed by atoms with Crippen molar-refractivity contribution in [1.29, 1.82) is 0 Å². The fraction of sp³-hybridized carbons (Fsp3) is 0.333. The highest BCUT2D eigenvalue weighted by atomic mass is 32.2. The van der Waals surface area contributed by atoms with Crippen molar-refractivity contribution in [3.63, 3.8) is 0 Å². The predicted octanol–water partition coefficient (Wildman–Crippen LogP) is 0.546. The lowest BCUT2D eigenvalue weighted by Gasteiger charge is -2.34. The Labute approximate surface area is 155 Å². The Balaban J connectivity index is 1.55. The number of aromatic nitrogens is 1. The van der Waals surface area contributed by atoms with Crippen LogP contribution < -0.4 is 10.1 Å². The number of ether oxygens (including phenoxy) is 1. The second kappa shape index (κ2) is 8.50. The minimum absolute atomic E-state index is 0.251. The molecule has 2 aromatic rings. The molecule has 1 aliphatic rings. The maximum Gasteiger partial charge on any atom is 0.270 e. The summed E-state index contributed by atoms with van der Waals surface area (Å²) in [6.07, 6.45) is -2.05. The number of hydrogen-bond donors (Lipinski definition) is 4. The van der Waals surface area contributed by atoms with Crippen LogP contribution in [0.4, 0.5) is 0 Å². The summed E-state index contributed by atoms with van der Waals surface area (Å²) in [6.45, 7) is 0.407. The lowest BCUT2D eigenvalue weighted by molar-refractivity contribution is -0.0786. The third kappa shape index (κ3) is 4.53. The molecule has 1 aliphatic heterocycles. The first-order valence-corrected chi connectivity index (χ1v) is 9.20. The van der Waals surface area contributed by atoms with Crippen molar-refractivity contribution in [2.45, 2.75) is 30.3 Å². The summed E-state index contributed by atoms with van der Waals surface area (Å²) in [5, 5.41) is 32.0. The highest BCUT2D eigenvalue weighted by Gasteiger charge is 2.38. The van der Waals surface area contributed by atoms with Gasteiger partial charge < -0.3 is 25.4 Å². The topological polar surface area (TPSA) is 112 Å². The maximum atomic E-state index is 12.1. The monoisotopic (exact) mass is 376 g/mol. The summed E-state index contributed by atoms with van der Waals surface area (Å²) in [4.78, 5) is 16.2. The molecule has 138 valence electrons. The van der Waals surface area contributed by atoms with E-state index in [4.69, 9.17) is 4.74 Å². The molecule has 3 rings (SSSR count). The summed E-state index contributed by atoms with van der Waals surface area (Å²) in [7, 11) is 0. The van der Waals surface area contributed by atoms with Gasteiger partial charge in [0.05, 0.1) is 12.3 Å². The number of aliphatic hydroxyl groups excluding tert-OH is 3. The number of pyridine rings is 1. The number of thioether (sulfide) groups is 1. The molecular formula is C18H20N2O5S. The number of hydrogen-bond acceptors (Lipinski definition) is 7. The van der Waals surface area contributed by atoms with Gasteiger partial charge in [0.1, 0.15) is 23.7 Å². The Morgan fingerprint density at radius 1 is 1.15 bits per heavy atom. The molecule has 8 heteroatoms. The molecule has 26 heavy (non-hydrogen) atoms. The van der Waals surface area contributed by atoms with Crippen LogP contribution >= 0.6 is 11.8 Å². The second-order valence-corrected chi connectivity index (χ2v) is 7.05. The molecule has 0 saturated carbocycles. The Kier molecular flexibility index (Phi) is 6.10. The fourth-order valence-corrected chi connectivity index (χ4v) is 3.59. The molecule has 1 fully saturated rings. The molecule has 1 amide bonds. The van der Waals surface area contributed by atoms with Gasteiger partial charge in [-0.2, -0.15) is 0 Å². The number of amides is 1. The van der Waals surface area contributed by atoms with Crippen molar-refractivity contribution in [1.82, 2.24) is 10.3 Å². The zero-order valence-electron chi connectivity index (χ0n) is 13.9. The molecule has 2 heterocycles. The van der Waals surface area contributed by atoms with Crippen LogP contribution in [-0.2, 0) is 6.54 Å². The highest BCUT2D eigenvalue weighted by Crippen LogP contribution is 2.28. The molecule has 0 bridgehead atoms. The van der Waals surface area contributed by atoms with Crippen molar-refractivity contribution in [2.24, 2.45) is 0 Å². The summed E-state index contributed by atoms with van der Waals surface area (Å²) >= 11 is 1.20. The predicted molar refractivity (Wildman–Crippen MR) is 96.7 cm³/mol. The normalized spacial score (nSPS) is 25.5. The number of nitrogens with zero attached hydrogens (tertiary/aromatic N) is 1. The summed E-state index contributed by atoms with van der Waals surface area (Å²) in [6, 6.07) is 12.7. The van der Waals surface area contributed by atoms with Gasteiger partial charge in [-0.1, -0.05) is 30.3 Å². The van der Waals surface area contributed by atoms with E-state index in [1.807, 2.05) is 30.3 Å². The minimum Gasteiger partial charge on any atom is -0.475 e. The van der Waals surface area contributed by atoms with Crippen molar-refractivity contribution >= 4 is 17.7 Å². The Bertz CT molecular complexity index is 728. The van der Waals surface area contributed by atoms with Crippen LogP contribution in [0.2, 0.25) is 0 Å². The molecule has 1 saturated heterocycles. The van der Waals surface area contributed by atoms with Gasteiger partial charge in [-0.3, -0.25) is 4.79 Å². The Hall–Kier alpha value is -2.13. The van der Waals surface area contributed by atoms with E-state index < -0.39 is 23.7 Å². The van der Waals surface area contributed by atoms with E-state index in [9.17, 15) is 20.1 Å². The van der Waals surface area contributed by atoms with E-state index in [2.05, 4.69) is 10.3 Å².